The van der Waals surface area contributed by atoms with Crippen molar-refractivity contribution < 1.29 is 19.1 Å². The van der Waals surface area contributed by atoms with Crippen LogP contribution in [0.25, 0.3) is 10.8 Å². The molecule has 3 heterocycles. The smallest absolute Gasteiger partial charge is 0.261 e. The van der Waals surface area contributed by atoms with E-state index in [1.165, 1.54) is 4.90 Å². The Morgan fingerprint density at radius 1 is 0.939 bits per heavy atom. The summed E-state index contributed by atoms with van der Waals surface area (Å²) in [5, 5.41) is 4.66. The van der Waals surface area contributed by atoms with Gasteiger partial charge >= 0.3 is 0 Å². The van der Waals surface area contributed by atoms with E-state index in [0.717, 1.165) is 56.4 Å². The monoisotopic (exact) mass is 450 g/mol. The second-order valence-electron chi connectivity index (χ2n) is 9.03. The van der Waals surface area contributed by atoms with Crippen molar-refractivity contribution in [1.82, 2.24) is 20.0 Å². The van der Waals surface area contributed by atoms with Gasteiger partial charge in [0.15, 0.2) is 0 Å². The first-order chi connectivity index (χ1) is 16.1. The molecule has 2 aromatic carbocycles. The van der Waals surface area contributed by atoms with Crippen LogP contribution in [0.3, 0.4) is 0 Å². The highest BCUT2D eigenvalue weighted by atomic mass is 16.5. The number of nitrogens with zero attached hydrogens (tertiary/aromatic N) is 3. The molecule has 8 nitrogen and oxygen atoms in total. The summed E-state index contributed by atoms with van der Waals surface area (Å²) in [6.07, 6.45) is 2.24. The molecule has 2 fully saturated rings. The molecule has 0 saturated carbocycles. The molecule has 33 heavy (non-hydrogen) atoms. The summed E-state index contributed by atoms with van der Waals surface area (Å²) in [6, 6.07) is 11.2. The molecule has 0 radical (unpaired) electrons. The highest BCUT2D eigenvalue weighted by Gasteiger charge is 2.33. The van der Waals surface area contributed by atoms with Gasteiger partial charge in [-0.05, 0) is 30.4 Å². The Morgan fingerprint density at radius 2 is 1.61 bits per heavy atom. The number of carbonyl (C=O) groups excluding carboxylic acids is 3. The zero-order valence-corrected chi connectivity index (χ0v) is 18.8. The third-order valence-electron chi connectivity index (χ3n) is 6.88. The molecule has 0 aromatic heterocycles. The van der Waals surface area contributed by atoms with Gasteiger partial charge in [-0.15, -0.1) is 0 Å². The maximum absolute atomic E-state index is 13.0. The van der Waals surface area contributed by atoms with E-state index in [2.05, 4.69) is 15.1 Å². The Kier molecular flexibility index (Phi) is 6.39. The molecule has 2 saturated heterocycles. The molecular formula is C25H30N4O4. The summed E-state index contributed by atoms with van der Waals surface area (Å²) in [7, 11) is 0. The highest BCUT2D eigenvalue weighted by molar-refractivity contribution is 6.25. The van der Waals surface area contributed by atoms with E-state index >= 15 is 0 Å². The number of benzene rings is 2. The largest absolute Gasteiger partial charge is 0.376 e. The lowest BCUT2D eigenvalue weighted by Gasteiger charge is -2.35. The Morgan fingerprint density at radius 3 is 2.24 bits per heavy atom. The zero-order chi connectivity index (χ0) is 22.8. The van der Waals surface area contributed by atoms with Crippen molar-refractivity contribution in [3.8, 4) is 0 Å². The second-order valence-corrected chi connectivity index (χ2v) is 9.03. The van der Waals surface area contributed by atoms with Crippen LogP contribution in [0.5, 0.6) is 0 Å². The quantitative estimate of drug-likeness (QED) is 0.642. The molecule has 1 atom stereocenters. The summed E-state index contributed by atoms with van der Waals surface area (Å²) in [6.45, 7) is 5.97. The fourth-order valence-electron chi connectivity index (χ4n) is 4.99. The predicted molar refractivity (Wildman–Crippen MR) is 124 cm³/mol. The molecule has 0 unspecified atom stereocenters. The van der Waals surface area contributed by atoms with Gasteiger partial charge in [0.2, 0.25) is 5.91 Å². The SMILES string of the molecule is O=C(CN1CCN(CCN2C(=O)c3cccc4cccc(c34)C2=O)CC1)NC[C@H]1CCCO1. The van der Waals surface area contributed by atoms with Crippen molar-refractivity contribution in [2.75, 3.05) is 59.0 Å². The van der Waals surface area contributed by atoms with Crippen LogP contribution >= 0.6 is 0 Å². The van der Waals surface area contributed by atoms with Crippen LogP contribution in [0.1, 0.15) is 33.6 Å². The average Bonchev–Trinajstić information content (AvgIpc) is 3.36. The molecule has 2 aromatic rings. The molecular weight excluding hydrogens is 420 g/mol. The van der Waals surface area contributed by atoms with Gasteiger partial charge in [0.1, 0.15) is 0 Å². The standard InChI is InChI=1S/C25H30N4O4/c30-22(26-16-19-6-3-15-33-19)17-28-11-9-27(10-12-28)13-14-29-24(31)20-7-1-4-18-5-2-8-21(23(18)20)25(29)32/h1-2,4-5,7-8,19H,3,6,9-17H2,(H,26,30)/t19-/m1/s1. The van der Waals surface area contributed by atoms with E-state index < -0.39 is 0 Å². The van der Waals surface area contributed by atoms with Crippen molar-refractivity contribution in [2.45, 2.75) is 18.9 Å². The number of hydrogen-bond acceptors (Lipinski definition) is 6. The number of rotatable bonds is 7. The first-order valence-corrected chi connectivity index (χ1v) is 11.8. The summed E-state index contributed by atoms with van der Waals surface area (Å²) in [5.74, 6) is -0.395. The van der Waals surface area contributed by atoms with Gasteiger partial charge in [-0.3, -0.25) is 29.1 Å². The number of amides is 3. The molecule has 1 N–H and O–H groups in total. The number of hydrogen-bond donors (Lipinski definition) is 1. The summed E-state index contributed by atoms with van der Waals surface area (Å²) in [4.78, 5) is 44.1. The predicted octanol–water partition coefficient (Wildman–Crippen LogP) is 1.35. The van der Waals surface area contributed by atoms with Crippen molar-refractivity contribution in [3.05, 3.63) is 47.5 Å². The molecule has 5 rings (SSSR count). The van der Waals surface area contributed by atoms with E-state index in [1.807, 2.05) is 24.3 Å². The van der Waals surface area contributed by atoms with Crippen LogP contribution in [0.2, 0.25) is 0 Å². The maximum atomic E-state index is 13.0. The van der Waals surface area contributed by atoms with Gasteiger partial charge in [0.05, 0.1) is 12.6 Å². The van der Waals surface area contributed by atoms with Crippen LogP contribution in [-0.2, 0) is 9.53 Å². The van der Waals surface area contributed by atoms with E-state index in [9.17, 15) is 14.4 Å². The minimum atomic E-state index is -0.217. The summed E-state index contributed by atoms with van der Waals surface area (Å²) < 4.78 is 5.55. The minimum absolute atomic E-state index is 0.0382. The van der Waals surface area contributed by atoms with Crippen molar-refractivity contribution in [1.29, 1.82) is 0 Å². The van der Waals surface area contributed by atoms with Gasteiger partial charge in [0, 0.05) is 68.9 Å². The van der Waals surface area contributed by atoms with Crippen molar-refractivity contribution in [3.63, 3.8) is 0 Å². The van der Waals surface area contributed by atoms with Crippen LogP contribution in [0.15, 0.2) is 36.4 Å². The fourth-order valence-corrected chi connectivity index (χ4v) is 4.99. The van der Waals surface area contributed by atoms with Gasteiger partial charge in [0.25, 0.3) is 11.8 Å². The second kappa shape index (κ2) is 9.59. The van der Waals surface area contributed by atoms with E-state index in [1.54, 1.807) is 12.1 Å². The van der Waals surface area contributed by atoms with Crippen molar-refractivity contribution in [2.24, 2.45) is 0 Å². The normalized spacial score (nSPS) is 21.7. The topological polar surface area (TPSA) is 82.2 Å². The number of nitrogens with one attached hydrogen (secondary N) is 1. The molecule has 3 aliphatic heterocycles. The van der Waals surface area contributed by atoms with Gasteiger partial charge < -0.3 is 10.1 Å². The molecule has 174 valence electrons. The molecule has 0 spiro atoms. The molecule has 0 bridgehead atoms. The van der Waals surface area contributed by atoms with E-state index in [4.69, 9.17) is 4.74 Å². The van der Waals surface area contributed by atoms with Crippen LogP contribution in [0.4, 0.5) is 0 Å². The third kappa shape index (κ3) is 4.64. The Labute approximate surface area is 193 Å². The Hall–Kier alpha value is -2.81. The molecule has 8 heteroatoms. The highest BCUT2D eigenvalue weighted by Crippen LogP contribution is 2.29. The number of ether oxygens (including phenoxy) is 1. The fraction of sp³-hybridized carbons (Fsp3) is 0.480. The molecule has 3 aliphatic rings. The molecule has 0 aliphatic carbocycles. The summed E-state index contributed by atoms with van der Waals surface area (Å²) >= 11 is 0. The van der Waals surface area contributed by atoms with Gasteiger partial charge in [-0.2, -0.15) is 0 Å². The summed E-state index contributed by atoms with van der Waals surface area (Å²) in [5.41, 5.74) is 1.20. The average molecular weight is 451 g/mol. The lowest BCUT2D eigenvalue weighted by molar-refractivity contribution is -0.123. The molecule has 3 amide bonds. The van der Waals surface area contributed by atoms with Crippen molar-refractivity contribution >= 4 is 28.5 Å². The number of carbonyl (C=O) groups is 3. The lowest BCUT2D eigenvalue weighted by atomic mass is 9.94. The minimum Gasteiger partial charge on any atom is -0.376 e. The maximum Gasteiger partial charge on any atom is 0.261 e. The third-order valence-corrected chi connectivity index (χ3v) is 6.88. The van der Waals surface area contributed by atoms with Crippen LogP contribution in [0, 0.1) is 0 Å². The number of piperazine rings is 1. The Balaban J connectivity index is 1.11. The Bertz CT molecular complexity index is 1010. The first kappa shape index (κ1) is 22.0. The lowest BCUT2D eigenvalue weighted by Crippen LogP contribution is -2.52. The zero-order valence-electron chi connectivity index (χ0n) is 18.8. The van der Waals surface area contributed by atoms with E-state index in [0.29, 0.717) is 37.3 Å². The van der Waals surface area contributed by atoms with Gasteiger partial charge in [-0.25, -0.2) is 0 Å². The number of imide groups is 1. The van der Waals surface area contributed by atoms with E-state index in [-0.39, 0.29) is 23.8 Å². The first-order valence-electron chi connectivity index (χ1n) is 11.8. The van der Waals surface area contributed by atoms with Crippen LogP contribution < -0.4 is 5.32 Å². The van der Waals surface area contributed by atoms with Crippen LogP contribution in [-0.4, -0.2) is 97.5 Å². The van der Waals surface area contributed by atoms with Gasteiger partial charge in [-0.1, -0.05) is 24.3 Å².